The van der Waals surface area contributed by atoms with Gasteiger partial charge in [0.25, 0.3) is 5.69 Å². The summed E-state index contributed by atoms with van der Waals surface area (Å²) in [5, 5.41) is 18.9. The van der Waals surface area contributed by atoms with Crippen LogP contribution in [0, 0.1) is 21.4 Å². The van der Waals surface area contributed by atoms with Crippen molar-refractivity contribution in [3.8, 4) is 6.07 Å². The zero-order valence-corrected chi connectivity index (χ0v) is 8.11. The average molecular weight is 241 g/mol. The van der Waals surface area contributed by atoms with Crippen LogP contribution in [0.2, 0.25) is 0 Å². The summed E-state index contributed by atoms with van der Waals surface area (Å²) in [6.07, 6.45) is 0.169. The molecule has 0 aliphatic rings. The third-order valence-corrected chi connectivity index (χ3v) is 2.44. The summed E-state index contributed by atoms with van der Waals surface area (Å²) in [5.41, 5.74) is 0.629. The van der Waals surface area contributed by atoms with E-state index in [1.54, 1.807) is 12.1 Å². The Kier molecular flexibility index (Phi) is 2.98. The molecule has 0 saturated heterocycles. The Hall–Kier alpha value is -1.41. The van der Waals surface area contributed by atoms with Crippen molar-refractivity contribution in [1.82, 2.24) is 0 Å². The second-order valence-corrected chi connectivity index (χ2v) is 3.14. The Morgan fingerprint density at radius 1 is 1.62 bits per heavy atom. The molecule has 0 spiro atoms. The first-order chi connectivity index (χ1) is 6.16. The molecule has 0 N–H and O–H groups in total. The molecule has 4 nitrogen and oxygen atoms in total. The van der Waals surface area contributed by atoms with Crippen molar-refractivity contribution < 1.29 is 4.92 Å². The molecule has 13 heavy (non-hydrogen) atoms. The lowest BCUT2D eigenvalue weighted by molar-refractivity contribution is -0.385. The van der Waals surface area contributed by atoms with Crippen LogP contribution in [0.15, 0.2) is 22.7 Å². The SMILES string of the molecule is N#CCc1cccc([N+](=O)[O-])c1Br. The van der Waals surface area contributed by atoms with Crippen molar-refractivity contribution in [3.05, 3.63) is 38.3 Å². The van der Waals surface area contributed by atoms with Crippen LogP contribution in [-0.4, -0.2) is 4.92 Å². The molecule has 0 aromatic heterocycles. The van der Waals surface area contributed by atoms with E-state index in [9.17, 15) is 10.1 Å². The number of hydrogen-bond acceptors (Lipinski definition) is 3. The number of nitrogens with zero attached hydrogens (tertiary/aromatic N) is 2. The van der Waals surface area contributed by atoms with Crippen LogP contribution < -0.4 is 0 Å². The van der Waals surface area contributed by atoms with Gasteiger partial charge in [-0.25, -0.2) is 0 Å². The van der Waals surface area contributed by atoms with Gasteiger partial charge in [0.2, 0.25) is 0 Å². The largest absolute Gasteiger partial charge is 0.283 e. The summed E-state index contributed by atoms with van der Waals surface area (Å²) in [6, 6.07) is 6.58. The van der Waals surface area contributed by atoms with Gasteiger partial charge in [-0.1, -0.05) is 12.1 Å². The van der Waals surface area contributed by atoms with Gasteiger partial charge in [-0.3, -0.25) is 10.1 Å². The number of nitro benzene ring substituents is 1. The van der Waals surface area contributed by atoms with Gasteiger partial charge in [0.15, 0.2) is 0 Å². The molecule has 0 aliphatic heterocycles. The fourth-order valence-corrected chi connectivity index (χ4v) is 1.48. The van der Waals surface area contributed by atoms with Crippen LogP contribution in [0.25, 0.3) is 0 Å². The lowest BCUT2D eigenvalue weighted by Gasteiger charge is -1.99. The van der Waals surface area contributed by atoms with Crippen LogP contribution in [0.3, 0.4) is 0 Å². The summed E-state index contributed by atoms with van der Waals surface area (Å²) < 4.78 is 0.390. The molecule has 0 aliphatic carbocycles. The van der Waals surface area contributed by atoms with Gasteiger partial charge in [0, 0.05) is 6.07 Å². The predicted octanol–water partition coefficient (Wildman–Crippen LogP) is 2.42. The second-order valence-electron chi connectivity index (χ2n) is 2.34. The number of hydrogen-bond donors (Lipinski definition) is 0. The molecule has 0 heterocycles. The van der Waals surface area contributed by atoms with E-state index >= 15 is 0 Å². The molecule has 0 saturated carbocycles. The quantitative estimate of drug-likeness (QED) is 0.589. The molecule has 1 aromatic carbocycles. The van der Waals surface area contributed by atoms with Crippen molar-refractivity contribution in [1.29, 1.82) is 5.26 Å². The molecule has 66 valence electrons. The number of nitriles is 1. The summed E-state index contributed by atoms with van der Waals surface area (Å²) >= 11 is 3.09. The maximum absolute atomic E-state index is 10.5. The Morgan fingerprint density at radius 2 is 2.31 bits per heavy atom. The van der Waals surface area contributed by atoms with Gasteiger partial charge in [-0.15, -0.1) is 0 Å². The maximum Gasteiger partial charge on any atom is 0.283 e. The van der Waals surface area contributed by atoms with Crippen LogP contribution in [-0.2, 0) is 6.42 Å². The van der Waals surface area contributed by atoms with Crippen molar-refractivity contribution in [2.75, 3.05) is 0 Å². The van der Waals surface area contributed by atoms with Crippen LogP contribution in [0.1, 0.15) is 5.56 Å². The number of nitro groups is 1. The predicted molar refractivity (Wildman–Crippen MR) is 50.1 cm³/mol. The Labute approximate surface area is 83.1 Å². The Morgan fingerprint density at radius 3 is 2.85 bits per heavy atom. The molecule has 0 atom stereocenters. The molecule has 0 bridgehead atoms. The highest BCUT2D eigenvalue weighted by Crippen LogP contribution is 2.28. The number of benzene rings is 1. The van der Waals surface area contributed by atoms with E-state index in [1.165, 1.54) is 6.07 Å². The highest BCUT2D eigenvalue weighted by molar-refractivity contribution is 9.10. The van der Waals surface area contributed by atoms with Crippen LogP contribution in [0.5, 0.6) is 0 Å². The van der Waals surface area contributed by atoms with E-state index in [4.69, 9.17) is 5.26 Å². The topological polar surface area (TPSA) is 66.9 Å². The fourth-order valence-electron chi connectivity index (χ4n) is 0.929. The Bertz CT molecular complexity index is 384. The molecule has 0 unspecified atom stereocenters. The smallest absolute Gasteiger partial charge is 0.258 e. The minimum atomic E-state index is -0.481. The van der Waals surface area contributed by atoms with E-state index in [0.29, 0.717) is 10.0 Å². The summed E-state index contributed by atoms with van der Waals surface area (Å²) in [5.74, 6) is 0. The molecular formula is C8H5BrN2O2. The minimum Gasteiger partial charge on any atom is -0.258 e. The van der Waals surface area contributed by atoms with E-state index in [2.05, 4.69) is 15.9 Å². The van der Waals surface area contributed by atoms with Gasteiger partial charge < -0.3 is 0 Å². The first-order valence-corrected chi connectivity index (χ1v) is 4.25. The summed E-state index contributed by atoms with van der Waals surface area (Å²) in [6.45, 7) is 0. The van der Waals surface area contributed by atoms with Gasteiger partial charge in [-0.2, -0.15) is 5.26 Å². The molecule has 0 fully saturated rings. The molecule has 1 aromatic rings. The third kappa shape index (κ3) is 2.04. The van der Waals surface area contributed by atoms with Crippen molar-refractivity contribution in [2.45, 2.75) is 6.42 Å². The lowest BCUT2D eigenvalue weighted by atomic mass is 10.1. The zero-order chi connectivity index (χ0) is 9.84. The minimum absolute atomic E-state index is 0.00671. The van der Waals surface area contributed by atoms with E-state index in [1.807, 2.05) is 6.07 Å². The van der Waals surface area contributed by atoms with Crippen LogP contribution in [0.4, 0.5) is 5.69 Å². The van der Waals surface area contributed by atoms with Gasteiger partial charge >= 0.3 is 0 Å². The monoisotopic (exact) mass is 240 g/mol. The molecule has 1 rings (SSSR count). The zero-order valence-electron chi connectivity index (χ0n) is 6.53. The van der Waals surface area contributed by atoms with Gasteiger partial charge in [-0.05, 0) is 21.5 Å². The summed E-state index contributed by atoms with van der Waals surface area (Å²) in [7, 11) is 0. The van der Waals surface area contributed by atoms with Crippen LogP contribution >= 0.6 is 15.9 Å². The van der Waals surface area contributed by atoms with E-state index < -0.39 is 4.92 Å². The molecular weight excluding hydrogens is 236 g/mol. The Balaban J connectivity index is 3.20. The first kappa shape index (κ1) is 9.68. The third-order valence-electron chi connectivity index (χ3n) is 1.52. The average Bonchev–Trinajstić information content (AvgIpc) is 2.08. The first-order valence-electron chi connectivity index (χ1n) is 3.45. The van der Waals surface area contributed by atoms with Gasteiger partial charge in [0.1, 0.15) is 0 Å². The van der Waals surface area contributed by atoms with Crippen molar-refractivity contribution >= 4 is 21.6 Å². The van der Waals surface area contributed by atoms with Crippen molar-refractivity contribution in [2.24, 2.45) is 0 Å². The highest BCUT2D eigenvalue weighted by atomic mass is 79.9. The lowest BCUT2D eigenvalue weighted by Crippen LogP contribution is -1.92. The maximum atomic E-state index is 10.5. The highest BCUT2D eigenvalue weighted by Gasteiger charge is 2.13. The number of halogens is 1. The van der Waals surface area contributed by atoms with Gasteiger partial charge in [0.05, 0.1) is 21.9 Å². The summed E-state index contributed by atoms with van der Waals surface area (Å²) in [4.78, 5) is 9.99. The fraction of sp³-hybridized carbons (Fsp3) is 0.125. The molecule has 0 radical (unpaired) electrons. The van der Waals surface area contributed by atoms with E-state index in [-0.39, 0.29) is 12.1 Å². The van der Waals surface area contributed by atoms with E-state index in [0.717, 1.165) is 0 Å². The number of rotatable bonds is 2. The second kappa shape index (κ2) is 4.01. The molecule has 5 heteroatoms. The standard InChI is InChI=1S/C8H5BrN2O2/c9-8-6(4-5-10)2-1-3-7(8)11(12)13/h1-3H,4H2. The molecule has 0 amide bonds. The van der Waals surface area contributed by atoms with Crippen molar-refractivity contribution in [3.63, 3.8) is 0 Å². The normalized spacial score (nSPS) is 9.23.